The fourth-order valence-corrected chi connectivity index (χ4v) is 4.04. The number of benzene rings is 1. The molecule has 6 heteroatoms. The van der Waals surface area contributed by atoms with Crippen LogP contribution < -0.4 is 16.0 Å². The number of carbonyl (C=O) groups is 2. The summed E-state index contributed by atoms with van der Waals surface area (Å²) in [4.78, 5) is 29.1. The number of piperidine rings is 1. The monoisotopic (exact) mass is 346 g/mol. The second-order valence-corrected chi connectivity index (χ2v) is 8.33. The highest BCUT2D eigenvalue weighted by molar-refractivity contribution is 6.39. The van der Waals surface area contributed by atoms with Crippen LogP contribution in [0.2, 0.25) is 0 Å². The molecule has 25 heavy (non-hydrogen) atoms. The van der Waals surface area contributed by atoms with Crippen molar-refractivity contribution in [2.75, 3.05) is 24.3 Å². The van der Waals surface area contributed by atoms with Crippen LogP contribution in [0.1, 0.15) is 40.5 Å². The summed E-state index contributed by atoms with van der Waals surface area (Å²) in [5.41, 5.74) is 6.84. The normalized spacial score (nSPS) is 19.4. The van der Waals surface area contributed by atoms with Gasteiger partial charge in [-0.3, -0.25) is 9.59 Å². The third-order valence-corrected chi connectivity index (χ3v) is 4.77. The van der Waals surface area contributed by atoms with Gasteiger partial charge in [-0.25, -0.2) is 0 Å². The van der Waals surface area contributed by atoms with Crippen LogP contribution in [0.5, 0.6) is 0 Å². The Labute approximate surface area is 150 Å². The molecule has 1 aromatic rings. The molecule has 0 spiro atoms. The molecule has 0 atom stereocenters. The smallest absolute Gasteiger partial charge is 0.313 e. The highest BCUT2D eigenvalue weighted by atomic mass is 16.2. The summed E-state index contributed by atoms with van der Waals surface area (Å²) in [6.45, 7) is 7.85. The number of amides is 2. The molecule has 0 bridgehead atoms. The Morgan fingerprint density at radius 2 is 1.56 bits per heavy atom. The van der Waals surface area contributed by atoms with E-state index in [0.29, 0.717) is 18.5 Å². The summed E-state index contributed by atoms with van der Waals surface area (Å²) in [6, 6.07) is 7.41. The van der Waals surface area contributed by atoms with E-state index in [2.05, 4.69) is 5.32 Å². The first-order valence-electron chi connectivity index (χ1n) is 8.63. The van der Waals surface area contributed by atoms with Gasteiger partial charge in [-0.2, -0.15) is 0 Å². The van der Waals surface area contributed by atoms with E-state index in [0.717, 1.165) is 5.69 Å². The van der Waals surface area contributed by atoms with Crippen LogP contribution in [-0.4, -0.2) is 47.9 Å². The second-order valence-electron chi connectivity index (χ2n) is 8.33. The van der Waals surface area contributed by atoms with E-state index < -0.39 is 22.9 Å². The van der Waals surface area contributed by atoms with Crippen LogP contribution in [0.3, 0.4) is 0 Å². The minimum absolute atomic E-state index is 0.0238. The maximum atomic E-state index is 12.9. The van der Waals surface area contributed by atoms with Gasteiger partial charge in [0.25, 0.3) is 0 Å². The zero-order chi connectivity index (χ0) is 19.0. The van der Waals surface area contributed by atoms with Crippen molar-refractivity contribution in [3.05, 3.63) is 24.3 Å². The first kappa shape index (κ1) is 19.2. The molecule has 6 nitrogen and oxygen atoms in total. The van der Waals surface area contributed by atoms with Gasteiger partial charge in [0, 0.05) is 42.6 Å². The van der Waals surface area contributed by atoms with E-state index >= 15 is 0 Å². The lowest BCUT2D eigenvalue weighted by atomic mass is 9.77. The van der Waals surface area contributed by atoms with Crippen molar-refractivity contribution in [2.45, 2.75) is 57.7 Å². The molecule has 0 aromatic heterocycles. The van der Waals surface area contributed by atoms with Gasteiger partial charge in [-0.15, -0.1) is 0 Å². The van der Waals surface area contributed by atoms with Crippen molar-refractivity contribution in [1.29, 1.82) is 0 Å². The lowest BCUT2D eigenvalue weighted by Crippen LogP contribution is -2.66. The van der Waals surface area contributed by atoms with Gasteiger partial charge in [0.2, 0.25) is 0 Å². The van der Waals surface area contributed by atoms with Crippen molar-refractivity contribution in [2.24, 2.45) is 5.73 Å². The van der Waals surface area contributed by atoms with Crippen molar-refractivity contribution in [3.63, 3.8) is 0 Å². The molecule has 0 aliphatic carbocycles. The van der Waals surface area contributed by atoms with Gasteiger partial charge < -0.3 is 20.9 Å². The molecule has 0 saturated carbocycles. The quantitative estimate of drug-likeness (QED) is 0.805. The summed E-state index contributed by atoms with van der Waals surface area (Å²) < 4.78 is 0. The van der Waals surface area contributed by atoms with E-state index in [9.17, 15) is 9.59 Å². The topological polar surface area (TPSA) is 78.7 Å². The van der Waals surface area contributed by atoms with Crippen LogP contribution >= 0.6 is 0 Å². The lowest BCUT2D eigenvalue weighted by Gasteiger charge is -2.54. The fourth-order valence-electron chi connectivity index (χ4n) is 4.04. The van der Waals surface area contributed by atoms with Crippen molar-refractivity contribution in [1.82, 2.24) is 4.90 Å². The molecule has 0 unspecified atom stereocenters. The van der Waals surface area contributed by atoms with E-state index in [-0.39, 0.29) is 6.04 Å². The number of hydrogen-bond acceptors (Lipinski definition) is 4. The summed E-state index contributed by atoms with van der Waals surface area (Å²) in [6.07, 6.45) is 1.35. The van der Waals surface area contributed by atoms with Gasteiger partial charge in [-0.1, -0.05) is 0 Å². The van der Waals surface area contributed by atoms with Gasteiger partial charge in [-0.05, 0) is 64.8 Å². The molecule has 2 rings (SSSR count). The van der Waals surface area contributed by atoms with Gasteiger partial charge in [0.15, 0.2) is 0 Å². The summed E-state index contributed by atoms with van der Waals surface area (Å²) in [5.74, 6) is -1.13. The minimum Gasteiger partial charge on any atom is -0.378 e. The van der Waals surface area contributed by atoms with Gasteiger partial charge in [0.1, 0.15) is 0 Å². The molecule has 2 amide bonds. The molecule has 138 valence electrons. The molecule has 1 aliphatic heterocycles. The van der Waals surface area contributed by atoms with Crippen LogP contribution in [-0.2, 0) is 9.59 Å². The molecule has 3 N–H and O–H groups in total. The molecule has 0 radical (unpaired) electrons. The van der Waals surface area contributed by atoms with E-state index in [1.807, 2.05) is 58.8 Å². The van der Waals surface area contributed by atoms with Crippen molar-refractivity contribution < 1.29 is 9.59 Å². The Balaban J connectivity index is 2.17. The first-order valence-corrected chi connectivity index (χ1v) is 8.63. The third kappa shape index (κ3) is 4.12. The van der Waals surface area contributed by atoms with E-state index in [1.54, 1.807) is 17.0 Å². The average molecular weight is 346 g/mol. The third-order valence-electron chi connectivity index (χ3n) is 4.77. The Kier molecular flexibility index (Phi) is 5.14. The van der Waals surface area contributed by atoms with Gasteiger partial charge >= 0.3 is 11.8 Å². The zero-order valence-corrected chi connectivity index (χ0v) is 16.1. The average Bonchev–Trinajstić information content (AvgIpc) is 2.44. The molecular weight excluding hydrogens is 316 g/mol. The predicted octanol–water partition coefficient (Wildman–Crippen LogP) is 2.20. The van der Waals surface area contributed by atoms with Crippen LogP contribution in [0, 0.1) is 0 Å². The number of nitrogens with two attached hydrogens (primary N) is 1. The maximum Gasteiger partial charge on any atom is 0.313 e. The van der Waals surface area contributed by atoms with E-state index in [1.165, 1.54) is 0 Å². The Morgan fingerprint density at radius 3 is 2.00 bits per heavy atom. The molecular formula is C19H30N4O2. The molecule has 1 heterocycles. The Bertz CT molecular complexity index is 632. The summed E-state index contributed by atoms with van der Waals surface area (Å²) in [5, 5.41) is 2.71. The van der Waals surface area contributed by atoms with Crippen LogP contribution in [0.4, 0.5) is 11.4 Å². The lowest BCUT2D eigenvalue weighted by molar-refractivity contribution is -0.156. The number of hydrogen-bond donors (Lipinski definition) is 2. The summed E-state index contributed by atoms with van der Waals surface area (Å²) >= 11 is 0. The Morgan fingerprint density at radius 1 is 1.08 bits per heavy atom. The number of carbonyl (C=O) groups excluding carboxylic acids is 2. The molecule has 1 aliphatic rings. The van der Waals surface area contributed by atoms with Gasteiger partial charge in [0.05, 0.1) is 0 Å². The minimum atomic E-state index is -0.616. The van der Waals surface area contributed by atoms with Crippen LogP contribution in [0.15, 0.2) is 24.3 Å². The standard InChI is InChI=1S/C19H30N4O2/c1-18(2)11-13(20)12-19(3,4)23(18)17(25)16(24)21-14-7-9-15(10-8-14)22(5)6/h7-10,13H,11-12,20H2,1-6H3,(H,21,24). The second kappa shape index (κ2) is 6.67. The Hall–Kier alpha value is -2.08. The highest BCUT2D eigenvalue weighted by Gasteiger charge is 2.48. The molecule has 1 aromatic carbocycles. The predicted molar refractivity (Wildman–Crippen MR) is 102 cm³/mol. The summed E-state index contributed by atoms with van der Waals surface area (Å²) in [7, 11) is 3.89. The van der Waals surface area contributed by atoms with Crippen molar-refractivity contribution in [3.8, 4) is 0 Å². The zero-order valence-electron chi connectivity index (χ0n) is 16.1. The number of nitrogens with zero attached hydrogens (tertiary/aromatic N) is 2. The number of nitrogens with one attached hydrogen (secondary N) is 1. The SMILES string of the molecule is CN(C)c1ccc(NC(=O)C(=O)N2C(C)(C)CC(N)CC2(C)C)cc1. The van der Waals surface area contributed by atoms with E-state index in [4.69, 9.17) is 5.73 Å². The highest BCUT2D eigenvalue weighted by Crippen LogP contribution is 2.37. The van der Waals surface area contributed by atoms with Crippen LogP contribution in [0.25, 0.3) is 0 Å². The fraction of sp³-hybridized carbons (Fsp3) is 0.579. The number of likely N-dealkylation sites (tertiary alicyclic amines) is 1. The van der Waals surface area contributed by atoms with Crippen molar-refractivity contribution >= 4 is 23.2 Å². The number of rotatable bonds is 2. The first-order chi connectivity index (χ1) is 11.4. The largest absolute Gasteiger partial charge is 0.378 e. The maximum absolute atomic E-state index is 12.9. The molecule has 1 saturated heterocycles. The number of anilines is 2. The molecule has 1 fully saturated rings.